The number of carbonyl (C=O) groups excluding carboxylic acids is 2. The molecular weight excluding hydrogens is 302 g/mol. The number of nitrogens with one attached hydrogen (secondary N) is 2. The van der Waals surface area contributed by atoms with Gasteiger partial charge in [0.1, 0.15) is 0 Å². The van der Waals surface area contributed by atoms with Gasteiger partial charge in [-0.1, -0.05) is 26.0 Å². The maximum absolute atomic E-state index is 12.2. The first-order valence-corrected chi connectivity index (χ1v) is 8.87. The Morgan fingerprint density at radius 2 is 2.00 bits per heavy atom. The van der Waals surface area contributed by atoms with Crippen LogP contribution in [0.4, 0.5) is 5.69 Å². The molecule has 1 heterocycles. The quantitative estimate of drug-likeness (QED) is 0.842. The molecule has 2 N–H and O–H groups in total. The lowest BCUT2D eigenvalue weighted by molar-refractivity contribution is -0.120. The van der Waals surface area contributed by atoms with Crippen LogP contribution in [-0.2, 0) is 9.59 Å². The van der Waals surface area contributed by atoms with E-state index in [-0.39, 0.29) is 17.9 Å². The van der Waals surface area contributed by atoms with E-state index < -0.39 is 0 Å². The highest BCUT2D eigenvalue weighted by atomic mass is 16.2. The molecule has 5 nitrogen and oxygen atoms in total. The Labute approximate surface area is 144 Å². The van der Waals surface area contributed by atoms with E-state index in [0.717, 1.165) is 38.0 Å². The summed E-state index contributed by atoms with van der Waals surface area (Å²) in [5, 5.41) is 5.91. The molecule has 0 radical (unpaired) electrons. The fourth-order valence-corrected chi connectivity index (χ4v) is 3.14. The van der Waals surface area contributed by atoms with Crippen LogP contribution >= 0.6 is 0 Å². The van der Waals surface area contributed by atoms with Crippen molar-refractivity contribution in [2.75, 3.05) is 25.0 Å². The zero-order chi connectivity index (χ0) is 17.5. The number of rotatable bonds is 6. The van der Waals surface area contributed by atoms with Crippen molar-refractivity contribution < 1.29 is 9.59 Å². The average Bonchev–Trinajstić information content (AvgIpc) is 2.54. The third-order valence-electron chi connectivity index (χ3n) is 4.66. The van der Waals surface area contributed by atoms with Crippen LogP contribution < -0.4 is 10.6 Å². The second kappa shape index (κ2) is 8.83. The molecule has 24 heavy (non-hydrogen) atoms. The van der Waals surface area contributed by atoms with Gasteiger partial charge in [0.15, 0.2) is 0 Å². The van der Waals surface area contributed by atoms with Gasteiger partial charge in [0.2, 0.25) is 11.8 Å². The molecule has 0 bridgehead atoms. The minimum absolute atomic E-state index is 0.00485. The molecule has 0 spiro atoms. The van der Waals surface area contributed by atoms with Gasteiger partial charge in [-0.15, -0.1) is 0 Å². The first-order valence-electron chi connectivity index (χ1n) is 8.87. The van der Waals surface area contributed by atoms with Crippen LogP contribution in [0.5, 0.6) is 0 Å². The van der Waals surface area contributed by atoms with E-state index >= 15 is 0 Å². The van der Waals surface area contributed by atoms with Crippen LogP contribution in [0.1, 0.15) is 51.5 Å². The Morgan fingerprint density at radius 1 is 1.29 bits per heavy atom. The van der Waals surface area contributed by atoms with E-state index in [1.165, 1.54) is 12.5 Å². The molecule has 1 aromatic carbocycles. The summed E-state index contributed by atoms with van der Waals surface area (Å²) in [6.45, 7) is 7.91. The van der Waals surface area contributed by atoms with Gasteiger partial charge in [-0.3, -0.25) is 14.5 Å². The highest BCUT2D eigenvalue weighted by molar-refractivity contribution is 5.92. The second-order valence-electron chi connectivity index (χ2n) is 6.75. The summed E-state index contributed by atoms with van der Waals surface area (Å²) in [5.41, 5.74) is 2.13. The van der Waals surface area contributed by atoms with Gasteiger partial charge in [-0.05, 0) is 49.4 Å². The van der Waals surface area contributed by atoms with E-state index in [2.05, 4.69) is 41.5 Å². The fourth-order valence-electron chi connectivity index (χ4n) is 3.14. The highest BCUT2D eigenvalue weighted by Crippen LogP contribution is 2.20. The third-order valence-corrected chi connectivity index (χ3v) is 4.66. The fraction of sp³-hybridized carbons (Fsp3) is 0.579. The van der Waals surface area contributed by atoms with Crippen molar-refractivity contribution in [1.82, 2.24) is 10.2 Å². The Hall–Kier alpha value is -1.88. The molecule has 2 rings (SSSR count). The second-order valence-corrected chi connectivity index (χ2v) is 6.75. The number of amides is 2. The van der Waals surface area contributed by atoms with Crippen molar-refractivity contribution in [2.45, 2.75) is 52.0 Å². The predicted molar refractivity (Wildman–Crippen MR) is 97.1 cm³/mol. The minimum Gasteiger partial charge on any atom is -0.352 e. The SMILES string of the molecule is CCC(C)c1ccc(NC(=O)CN2CCCC(NC(C)=O)C2)cc1. The topological polar surface area (TPSA) is 61.4 Å². The molecule has 5 heteroatoms. The molecule has 1 saturated heterocycles. The number of piperidine rings is 1. The minimum atomic E-state index is -0.00676. The molecule has 132 valence electrons. The molecule has 2 atom stereocenters. The first-order chi connectivity index (χ1) is 11.5. The molecule has 1 aliphatic rings. The Morgan fingerprint density at radius 3 is 2.62 bits per heavy atom. The number of hydrogen-bond acceptors (Lipinski definition) is 3. The number of benzene rings is 1. The number of anilines is 1. The summed E-state index contributed by atoms with van der Waals surface area (Å²) in [6.07, 6.45) is 3.09. The predicted octanol–water partition coefficient (Wildman–Crippen LogP) is 2.74. The van der Waals surface area contributed by atoms with Gasteiger partial charge in [-0.25, -0.2) is 0 Å². The van der Waals surface area contributed by atoms with Crippen LogP contribution in [0.3, 0.4) is 0 Å². The van der Waals surface area contributed by atoms with E-state index in [9.17, 15) is 9.59 Å². The van der Waals surface area contributed by atoms with Gasteiger partial charge >= 0.3 is 0 Å². The molecule has 0 saturated carbocycles. The number of carbonyl (C=O) groups is 2. The monoisotopic (exact) mass is 331 g/mol. The zero-order valence-corrected chi connectivity index (χ0v) is 15.0. The normalized spacial score (nSPS) is 19.5. The van der Waals surface area contributed by atoms with E-state index in [1.807, 2.05) is 12.1 Å². The van der Waals surface area contributed by atoms with E-state index in [4.69, 9.17) is 0 Å². The van der Waals surface area contributed by atoms with Crippen molar-refractivity contribution in [1.29, 1.82) is 0 Å². The smallest absolute Gasteiger partial charge is 0.238 e. The maximum Gasteiger partial charge on any atom is 0.238 e. The number of likely N-dealkylation sites (tertiary alicyclic amines) is 1. The molecule has 1 aromatic rings. The van der Waals surface area contributed by atoms with Crippen LogP contribution in [0.25, 0.3) is 0 Å². The van der Waals surface area contributed by atoms with Crippen molar-refractivity contribution in [3.63, 3.8) is 0 Å². The Bertz CT molecular complexity index is 556. The lowest BCUT2D eigenvalue weighted by atomic mass is 9.99. The van der Waals surface area contributed by atoms with Gasteiger partial charge in [-0.2, -0.15) is 0 Å². The summed E-state index contributed by atoms with van der Waals surface area (Å²) >= 11 is 0. The summed E-state index contributed by atoms with van der Waals surface area (Å²) < 4.78 is 0. The third kappa shape index (κ3) is 5.64. The molecule has 0 aromatic heterocycles. The average molecular weight is 331 g/mol. The van der Waals surface area contributed by atoms with E-state index in [0.29, 0.717) is 12.5 Å². The highest BCUT2D eigenvalue weighted by Gasteiger charge is 2.22. The summed E-state index contributed by atoms with van der Waals surface area (Å²) in [7, 11) is 0. The summed E-state index contributed by atoms with van der Waals surface area (Å²) in [4.78, 5) is 25.5. The zero-order valence-electron chi connectivity index (χ0n) is 15.0. The summed E-state index contributed by atoms with van der Waals surface area (Å²) in [6, 6.07) is 8.25. The van der Waals surface area contributed by atoms with Crippen LogP contribution in [-0.4, -0.2) is 42.4 Å². The summed E-state index contributed by atoms with van der Waals surface area (Å²) in [5.74, 6) is 0.524. The molecule has 0 aliphatic carbocycles. The van der Waals surface area contributed by atoms with Crippen LogP contribution in [0, 0.1) is 0 Å². The molecule has 1 aliphatic heterocycles. The van der Waals surface area contributed by atoms with Gasteiger partial charge < -0.3 is 10.6 Å². The first kappa shape index (κ1) is 18.5. The maximum atomic E-state index is 12.2. The van der Waals surface area contributed by atoms with Crippen molar-refractivity contribution in [3.05, 3.63) is 29.8 Å². The Balaban J connectivity index is 1.83. The lowest BCUT2D eigenvalue weighted by Gasteiger charge is -2.32. The van der Waals surface area contributed by atoms with Gasteiger partial charge in [0.05, 0.1) is 6.54 Å². The van der Waals surface area contributed by atoms with Gasteiger partial charge in [0.25, 0.3) is 0 Å². The van der Waals surface area contributed by atoms with Gasteiger partial charge in [0, 0.05) is 25.2 Å². The van der Waals surface area contributed by atoms with Crippen molar-refractivity contribution in [3.8, 4) is 0 Å². The van der Waals surface area contributed by atoms with Crippen molar-refractivity contribution >= 4 is 17.5 Å². The van der Waals surface area contributed by atoms with Crippen LogP contribution in [0.15, 0.2) is 24.3 Å². The standard InChI is InChI=1S/C19H29N3O2/c1-4-14(2)16-7-9-17(10-8-16)21-19(24)13-22-11-5-6-18(12-22)20-15(3)23/h7-10,14,18H,4-6,11-13H2,1-3H3,(H,20,23)(H,21,24). The Kier molecular flexibility index (Phi) is 6.79. The molecule has 2 unspecified atom stereocenters. The number of hydrogen-bond donors (Lipinski definition) is 2. The van der Waals surface area contributed by atoms with Crippen LogP contribution in [0.2, 0.25) is 0 Å². The van der Waals surface area contributed by atoms with Crippen molar-refractivity contribution in [2.24, 2.45) is 0 Å². The molecule has 2 amide bonds. The number of nitrogens with zero attached hydrogens (tertiary/aromatic N) is 1. The molecule has 1 fully saturated rings. The largest absolute Gasteiger partial charge is 0.352 e. The lowest BCUT2D eigenvalue weighted by Crippen LogP contribution is -2.49. The van der Waals surface area contributed by atoms with E-state index in [1.54, 1.807) is 0 Å². The molecular formula is C19H29N3O2.